The molecule has 1 aromatic heterocycles. The van der Waals surface area contributed by atoms with Crippen molar-refractivity contribution in [3.63, 3.8) is 0 Å². The number of aryl methyl sites for hydroxylation is 1. The van der Waals surface area contributed by atoms with Crippen molar-refractivity contribution in [1.29, 1.82) is 0 Å². The highest BCUT2D eigenvalue weighted by molar-refractivity contribution is 5.96. The lowest BCUT2D eigenvalue weighted by Gasteiger charge is -2.15. The van der Waals surface area contributed by atoms with Gasteiger partial charge < -0.3 is 4.57 Å². The second-order valence-corrected chi connectivity index (χ2v) is 5.68. The maximum absolute atomic E-state index is 4.83. The zero-order valence-electron chi connectivity index (χ0n) is 12.0. The van der Waals surface area contributed by atoms with E-state index in [9.17, 15) is 0 Å². The first-order valence-electron chi connectivity index (χ1n) is 7.28. The van der Waals surface area contributed by atoms with Gasteiger partial charge in [0.2, 0.25) is 0 Å². The maximum Gasteiger partial charge on any atom is 0.141 e. The van der Waals surface area contributed by atoms with Crippen LogP contribution in [0.2, 0.25) is 0 Å². The topological polar surface area (TPSA) is 17.8 Å². The second kappa shape index (κ2) is 4.20. The van der Waals surface area contributed by atoms with Gasteiger partial charge in [0.05, 0.1) is 5.69 Å². The Labute approximate surface area is 119 Å². The molecule has 2 heterocycles. The average molecular weight is 262 g/mol. The van der Waals surface area contributed by atoms with Crippen LogP contribution in [-0.2, 0) is 6.54 Å². The largest absolute Gasteiger partial charge is 0.324 e. The third-order valence-electron chi connectivity index (χ3n) is 4.54. The van der Waals surface area contributed by atoms with E-state index in [0.717, 1.165) is 30.9 Å². The van der Waals surface area contributed by atoms with Crippen LogP contribution in [0.3, 0.4) is 0 Å². The summed E-state index contributed by atoms with van der Waals surface area (Å²) in [4.78, 5) is 4.83. The number of aromatic nitrogens is 2. The molecule has 0 saturated heterocycles. The van der Waals surface area contributed by atoms with Crippen LogP contribution in [0.15, 0.2) is 36.4 Å². The summed E-state index contributed by atoms with van der Waals surface area (Å²) in [6, 6.07) is 8.80. The fraction of sp³-hybridized carbons (Fsp3) is 0.278. The highest BCUT2D eigenvalue weighted by Gasteiger charge is 2.24. The fourth-order valence-corrected chi connectivity index (χ4v) is 3.33. The molecular formula is C18H18N2. The number of fused-ring (bicyclic) bond motifs is 4. The van der Waals surface area contributed by atoms with Crippen molar-refractivity contribution in [1.82, 2.24) is 9.55 Å². The molecule has 0 fully saturated rings. The van der Waals surface area contributed by atoms with Gasteiger partial charge in [-0.3, -0.25) is 0 Å². The molecule has 0 spiro atoms. The lowest BCUT2D eigenvalue weighted by atomic mass is 9.89. The quantitative estimate of drug-likeness (QED) is 0.698. The summed E-state index contributed by atoms with van der Waals surface area (Å²) in [5.41, 5.74) is 8.03. The van der Waals surface area contributed by atoms with Gasteiger partial charge in [-0.25, -0.2) is 4.98 Å². The van der Waals surface area contributed by atoms with E-state index in [1.165, 1.54) is 28.0 Å². The molecule has 0 bridgehead atoms. The third kappa shape index (κ3) is 1.54. The smallest absolute Gasteiger partial charge is 0.141 e. The summed E-state index contributed by atoms with van der Waals surface area (Å²) in [6.07, 6.45) is 6.79. The zero-order chi connectivity index (χ0) is 13.7. The van der Waals surface area contributed by atoms with Crippen LogP contribution in [-0.4, -0.2) is 9.55 Å². The lowest BCUT2D eigenvalue weighted by Crippen LogP contribution is -2.05. The Morgan fingerprint density at radius 2 is 2.00 bits per heavy atom. The molecule has 100 valence electrons. The van der Waals surface area contributed by atoms with E-state index in [2.05, 4.69) is 54.8 Å². The first-order valence-corrected chi connectivity index (χ1v) is 7.28. The highest BCUT2D eigenvalue weighted by atomic mass is 15.1. The van der Waals surface area contributed by atoms with E-state index in [4.69, 9.17) is 4.98 Å². The molecule has 0 unspecified atom stereocenters. The van der Waals surface area contributed by atoms with Crippen LogP contribution in [0.5, 0.6) is 0 Å². The number of imidazole rings is 1. The number of allylic oxidation sites excluding steroid dienone is 4. The van der Waals surface area contributed by atoms with Crippen molar-refractivity contribution < 1.29 is 0 Å². The van der Waals surface area contributed by atoms with Gasteiger partial charge in [0.1, 0.15) is 5.82 Å². The summed E-state index contributed by atoms with van der Waals surface area (Å²) in [5, 5.41) is 0. The Kier molecular flexibility index (Phi) is 2.46. The second-order valence-electron chi connectivity index (χ2n) is 5.68. The summed E-state index contributed by atoms with van der Waals surface area (Å²) in [6.45, 7) is 5.21. The SMILES string of the molecule is Cc1nc2n(c1C)Cc1ccccc1C1=C2C=CCC1. The van der Waals surface area contributed by atoms with Crippen LogP contribution in [0, 0.1) is 13.8 Å². The van der Waals surface area contributed by atoms with Gasteiger partial charge in [-0.1, -0.05) is 36.4 Å². The standard InChI is InChI=1S/C18H18N2/c1-12-13(2)20-11-14-7-3-4-8-15(14)16-9-5-6-10-17(16)18(20)19-12/h3-4,6-8,10H,5,9,11H2,1-2H3. The van der Waals surface area contributed by atoms with E-state index in [1.54, 1.807) is 0 Å². The molecular weight excluding hydrogens is 244 g/mol. The molecule has 0 radical (unpaired) electrons. The number of benzene rings is 1. The maximum atomic E-state index is 4.83. The van der Waals surface area contributed by atoms with Crippen LogP contribution >= 0.6 is 0 Å². The molecule has 20 heavy (non-hydrogen) atoms. The van der Waals surface area contributed by atoms with E-state index in [0.29, 0.717) is 0 Å². The Morgan fingerprint density at radius 1 is 1.15 bits per heavy atom. The molecule has 0 N–H and O–H groups in total. The molecule has 0 atom stereocenters. The Bertz CT molecular complexity index is 760. The minimum atomic E-state index is 0.930. The minimum absolute atomic E-state index is 0.930. The molecule has 2 aliphatic rings. The van der Waals surface area contributed by atoms with Gasteiger partial charge in [-0.15, -0.1) is 0 Å². The summed E-state index contributed by atoms with van der Waals surface area (Å²) < 4.78 is 2.37. The summed E-state index contributed by atoms with van der Waals surface area (Å²) >= 11 is 0. The monoisotopic (exact) mass is 262 g/mol. The minimum Gasteiger partial charge on any atom is -0.324 e. The van der Waals surface area contributed by atoms with Crippen LogP contribution < -0.4 is 0 Å². The average Bonchev–Trinajstić information content (AvgIpc) is 2.69. The molecule has 2 heteroatoms. The van der Waals surface area contributed by atoms with Gasteiger partial charge in [0.15, 0.2) is 0 Å². The molecule has 2 nitrogen and oxygen atoms in total. The van der Waals surface area contributed by atoms with Gasteiger partial charge in [0.25, 0.3) is 0 Å². The van der Waals surface area contributed by atoms with Crippen molar-refractivity contribution in [2.24, 2.45) is 0 Å². The first-order chi connectivity index (χ1) is 9.75. The van der Waals surface area contributed by atoms with Gasteiger partial charge in [0, 0.05) is 17.8 Å². The van der Waals surface area contributed by atoms with E-state index >= 15 is 0 Å². The van der Waals surface area contributed by atoms with E-state index in [1.807, 2.05) is 0 Å². The van der Waals surface area contributed by atoms with E-state index in [-0.39, 0.29) is 0 Å². The summed E-state index contributed by atoms with van der Waals surface area (Å²) in [7, 11) is 0. The van der Waals surface area contributed by atoms with Crippen LogP contribution in [0.4, 0.5) is 0 Å². The van der Waals surface area contributed by atoms with Crippen molar-refractivity contribution in [3.8, 4) is 0 Å². The zero-order valence-corrected chi connectivity index (χ0v) is 12.0. The number of rotatable bonds is 0. The molecule has 1 aliphatic heterocycles. The predicted octanol–water partition coefficient (Wildman–Crippen LogP) is 4.12. The first kappa shape index (κ1) is 11.7. The highest BCUT2D eigenvalue weighted by Crippen LogP contribution is 2.38. The fourth-order valence-electron chi connectivity index (χ4n) is 3.33. The van der Waals surface area contributed by atoms with Crippen molar-refractivity contribution in [2.45, 2.75) is 33.2 Å². The Balaban J connectivity index is 2.08. The van der Waals surface area contributed by atoms with Crippen molar-refractivity contribution in [3.05, 3.63) is 64.8 Å². The number of nitrogens with zero attached hydrogens (tertiary/aromatic N) is 2. The number of hydrogen-bond acceptors (Lipinski definition) is 1. The predicted molar refractivity (Wildman–Crippen MR) is 82.4 cm³/mol. The van der Waals surface area contributed by atoms with Gasteiger partial charge in [-0.2, -0.15) is 0 Å². The van der Waals surface area contributed by atoms with Crippen LogP contribution in [0.1, 0.15) is 41.2 Å². The van der Waals surface area contributed by atoms with Crippen molar-refractivity contribution in [2.75, 3.05) is 0 Å². The van der Waals surface area contributed by atoms with Crippen molar-refractivity contribution >= 4 is 11.1 Å². The van der Waals surface area contributed by atoms with E-state index < -0.39 is 0 Å². The summed E-state index contributed by atoms with van der Waals surface area (Å²) in [5.74, 6) is 1.14. The molecule has 4 rings (SSSR count). The molecule has 0 amide bonds. The van der Waals surface area contributed by atoms with Gasteiger partial charge >= 0.3 is 0 Å². The molecule has 2 aromatic rings. The molecule has 1 aliphatic carbocycles. The normalized spacial score (nSPS) is 16.5. The van der Waals surface area contributed by atoms with Crippen LogP contribution in [0.25, 0.3) is 11.1 Å². The molecule has 0 saturated carbocycles. The molecule has 1 aromatic carbocycles. The van der Waals surface area contributed by atoms with Gasteiger partial charge in [-0.05, 0) is 43.4 Å². The lowest BCUT2D eigenvalue weighted by molar-refractivity contribution is 0.759. The third-order valence-corrected chi connectivity index (χ3v) is 4.54. The Morgan fingerprint density at radius 3 is 2.90 bits per heavy atom. The Hall–Kier alpha value is -2.09. The number of hydrogen-bond donors (Lipinski definition) is 0.